The van der Waals surface area contributed by atoms with Gasteiger partial charge < -0.3 is 4.84 Å². The second kappa shape index (κ2) is 5.98. The molecule has 4 heteroatoms. The van der Waals surface area contributed by atoms with E-state index in [0.29, 0.717) is 16.8 Å². The lowest BCUT2D eigenvalue weighted by Gasteiger charge is -2.08. The number of nitriles is 1. The van der Waals surface area contributed by atoms with Crippen molar-refractivity contribution >= 4 is 22.4 Å². The zero-order chi connectivity index (χ0) is 15.4. The Morgan fingerprint density at radius 3 is 2.64 bits per heavy atom. The molecule has 0 heterocycles. The molecule has 0 aliphatic heterocycles. The van der Waals surface area contributed by atoms with Crippen LogP contribution in [0.1, 0.15) is 15.9 Å². The van der Waals surface area contributed by atoms with Gasteiger partial charge in [-0.2, -0.15) is 5.26 Å². The SMILES string of the molecule is N#Cc1cccc(NOC(=O)c2cccc3ccccc23)c1. The van der Waals surface area contributed by atoms with Gasteiger partial charge in [0.2, 0.25) is 0 Å². The van der Waals surface area contributed by atoms with Crippen molar-refractivity contribution in [1.29, 1.82) is 5.26 Å². The molecule has 0 fully saturated rings. The Labute approximate surface area is 127 Å². The molecule has 4 nitrogen and oxygen atoms in total. The van der Waals surface area contributed by atoms with Crippen LogP contribution in [0.25, 0.3) is 10.8 Å². The summed E-state index contributed by atoms with van der Waals surface area (Å²) in [5, 5.41) is 10.7. The smallest absolute Gasteiger partial charge is 0.338 e. The van der Waals surface area contributed by atoms with Crippen LogP contribution >= 0.6 is 0 Å². The summed E-state index contributed by atoms with van der Waals surface area (Å²) in [7, 11) is 0. The lowest BCUT2D eigenvalue weighted by molar-refractivity contribution is 0.0598. The minimum atomic E-state index is -0.473. The fourth-order valence-corrected chi connectivity index (χ4v) is 2.22. The Morgan fingerprint density at radius 1 is 1.00 bits per heavy atom. The number of carbonyl (C=O) groups excluding carboxylic acids is 1. The normalized spacial score (nSPS) is 9.95. The Hall–Kier alpha value is -3.32. The van der Waals surface area contributed by atoms with Gasteiger partial charge in [-0.15, -0.1) is 0 Å². The van der Waals surface area contributed by atoms with Crippen LogP contribution in [0, 0.1) is 11.3 Å². The molecular formula is C18H12N2O2. The highest BCUT2D eigenvalue weighted by Crippen LogP contribution is 2.19. The number of nitrogens with zero attached hydrogens (tertiary/aromatic N) is 1. The topological polar surface area (TPSA) is 62.1 Å². The van der Waals surface area contributed by atoms with Gasteiger partial charge >= 0.3 is 5.97 Å². The first-order chi connectivity index (χ1) is 10.8. The Kier molecular flexibility index (Phi) is 3.71. The van der Waals surface area contributed by atoms with Gasteiger partial charge in [-0.25, -0.2) is 10.3 Å². The molecule has 22 heavy (non-hydrogen) atoms. The van der Waals surface area contributed by atoms with Gasteiger partial charge in [-0.3, -0.25) is 0 Å². The summed E-state index contributed by atoms with van der Waals surface area (Å²) in [6.07, 6.45) is 0. The Bertz CT molecular complexity index is 876. The first kappa shape index (κ1) is 13.7. The zero-order valence-corrected chi connectivity index (χ0v) is 11.6. The third-order valence-corrected chi connectivity index (χ3v) is 3.26. The van der Waals surface area contributed by atoms with E-state index in [1.807, 2.05) is 42.5 Å². The Balaban J connectivity index is 1.80. The van der Waals surface area contributed by atoms with E-state index in [-0.39, 0.29) is 0 Å². The summed E-state index contributed by atoms with van der Waals surface area (Å²) < 4.78 is 0. The average molecular weight is 288 g/mol. The standard InChI is InChI=1S/C18H12N2O2/c19-12-13-5-3-8-15(11-13)20-22-18(21)17-10-4-7-14-6-1-2-9-16(14)17/h1-11,20H. The monoisotopic (exact) mass is 288 g/mol. The van der Waals surface area contributed by atoms with E-state index in [1.54, 1.807) is 30.3 Å². The molecule has 106 valence electrons. The van der Waals surface area contributed by atoms with Crippen molar-refractivity contribution < 1.29 is 9.63 Å². The van der Waals surface area contributed by atoms with Crippen LogP contribution in [-0.4, -0.2) is 5.97 Å². The largest absolute Gasteiger partial charge is 0.363 e. The summed E-state index contributed by atoms with van der Waals surface area (Å²) in [5.41, 5.74) is 4.11. The molecule has 0 saturated carbocycles. The van der Waals surface area contributed by atoms with Crippen molar-refractivity contribution in [1.82, 2.24) is 0 Å². The van der Waals surface area contributed by atoms with Crippen molar-refractivity contribution in [3.63, 3.8) is 0 Å². The first-order valence-corrected chi connectivity index (χ1v) is 6.73. The van der Waals surface area contributed by atoms with E-state index in [0.717, 1.165) is 10.8 Å². The third-order valence-electron chi connectivity index (χ3n) is 3.26. The van der Waals surface area contributed by atoms with Crippen molar-refractivity contribution in [2.24, 2.45) is 0 Å². The van der Waals surface area contributed by atoms with Gasteiger partial charge in [0, 0.05) is 0 Å². The van der Waals surface area contributed by atoms with Gasteiger partial charge in [0.05, 0.1) is 22.9 Å². The molecule has 0 saturated heterocycles. The predicted octanol–water partition coefficient (Wildman–Crippen LogP) is 3.90. The molecule has 3 aromatic rings. The number of rotatable bonds is 3. The first-order valence-electron chi connectivity index (χ1n) is 6.73. The molecular weight excluding hydrogens is 276 g/mol. The molecule has 0 unspecified atom stereocenters. The maximum atomic E-state index is 12.2. The fraction of sp³-hybridized carbons (Fsp3) is 0. The minimum absolute atomic E-state index is 0.473. The number of hydrogen-bond donors (Lipinski definition) is 1. The molecule has 0 aliphatic carbocycles. The second-order valence-corrected chi connectivity index (χ2v) is 4.71. The predicted molar refractivity (Wildman–Crippen MR) is 84.1 cm³/mol. The molecule has 0 spiro atoms. The lowest BCUT2D eigenvalue weighted by atomic mass is 10.1. The molecule has 0 aliphatic rings. The quantitative estimate of drug-likeness (QED) is 0.742. The number of anilines is 1. The maximum absolute atomic E-state index is 12.2. The second-order valence-electron chi connectivity index (χ2n) is 4.71. The number of nitrogens with one attached hydrogen (secondary N) is 1. The fourth-order valence-electron chi connectivity index (χ4n) is 2.22. The molecule has 0 aromatic heterocycles. The van der Waals surface area contributed by atoms with Crippen molar-refractivity contribution in [3.8, 4) is 6.07 Å². The summed E-state index contributed by atoms with van der Waals surface area (Å²) >= 11 is 0. The van der Waals surface area contributed by atoms with Crippen LogP contribution in [0.2, 0.25) is 0 Å². The van der Waals surface area contributed by atoms with E-state index >= 15 is 0 Å². The minimum Gasteiger partial charge on any atom is -0.338 e. The van der Waals surface area contributed by atoms with E-state index in [9.17, 15) is 4.79 Å². The van der Waals surface area contributed by atoms with E-state index in [4.69, 9.17) is 10.1 Å². The van der Waals surface area contributed by atoms with Crippen molar-refractivity contribution in [3.05, 3.63) is 77.9 Å². The van der Waals surface area contributed by atoms with E-state index < -0.39 is 5.97 Å². The van der Waals surface area contributed by atoms with Crippen LogP contribution in [-0.2, 0) is 4.84 Å². The average Bonchev–Trinajstić information content (AvgIpc) is 2.59. The molecule has 3 aromatic carbocycles. The highest BCUT2D eigenvalue weighted by molar-refractivity contribution is 6.04. The van der Waals surface area contributed by atoms with Gasteiger partial charge in [-0.05, 0) is 35.0 Å². The Morgan fingerprint density at radius 2 is 1.77 bits per heavy atom. The van der Waals surface area contributed by atoms with Crippen molar-refractivity contribution in [2.45, 2.75) is 0 Å². The summed E-state index contributed by atoms with van der Waals surface area (Å²) in [6.45, 7) is 0. The molecule has 0 atom stereocenters. The number of hydrogen-bond acceptors (Lipinski definition) is 4. The van der Waals surface area contributed by atoms with Crippen LogP contribution < -0.4 is 5.48 Å². The van der Waals surface area contributed by atoms with E-state index in [2.05, 4.69) is 5.48 Å². The van der Waals surface area contributed by atoms with Gasteiger partial charge in [0.25, 0.3) is 0 Å². The number of carbonyl (C=O) groups is 1. The molecule has 1 N–H and O–H groups in total. The lowest BCUT2D eigenvalue weighted by Crippen LogP contribution is -2.11. The summed E-state index contributed by atoms with van der Waals surface area (Å²) in [4.78, 5) is 17.4. The third kappa shape index (κ3) is 2.74. The highest BCUT2D eigenvalue weighted by Gasteiger charge is 2.11. The van der Waals surface area contributed by atoms with Crippen LogP contribution in [0.15, 0.2) is 66.7 Å². The van der Waals surface area contributed by atoms with Crippen LogP contribution in [0.5, 0.6) is 0 Å². The van der Waals surface area contributed by atoms with Crippen molar-refractivity contribution in [2.75, 3.05) is 5.48 Å². The number of benzene rings is 3. The maximum Gasteiger partial charge on any atom is 0.363 e. The molecule has 0 bridgehead atoms. The van der Waals surface area contributed by atoms with E-state index in [1.165, 1.54) is 0 Å². The number of fused-ring (bicyclic) bond motifs is 1. The zero-order valence-electron chi connectivity index (χ0n) is 11.6. The van der Waals surface area contributed by atoms with Gasteiger partial charge in [0.15, 0.2) is 0 Å². The molecule has 0 radical (unpaired) electrons. The summed E-state index contributed by atoms with van der Waals surface area (Å²) in [5.74, 6) is -0.473. The van der Waals surface area contributed by atoms with Gasteiger partial charge in [0.1, 0.15) is 0 Å². The molecule has 0 amide bonds. The molecule has 3 rings (SSSR count). The van der Waals surface area contributed by atoms with Gasteiger partial charge in [-0.1, -0.05) is 42.5 Å². The summed E-state index contributed by atoms with van der Waals surface area (Å²) in [6, 6.07) is 21.8. The van der Waals surface area contributed by atoms with Crippen LogP contribution in [0.4, 0.5) is 5.69 Å². The highest BCUT2D eigenvalue weighted by atomic mass is 16.7. The van der Waals surface area contributed by atoms with Crippen LogP contribution in [0.3, 0.4) is 0 Å².